The van der Waals surface area contributed by atoms with E-state index in [-0.39, 0.29) is 6.04 Å². The molecule has 96 valence electrons. The number of halogens is 1. The van der Waals surface area contributed by atoms with Gasteiger partial charge in [-0.05, 0) is 53.0 Å². The highest BCUT2D eigenvalue weighted by molar-refractivity contribution is 9.10. The molecule has 0 aromatic carbocycles. The number of nitrogens with one attached hydrogen (secondary N) is 1. The summed E-state index contributed by atoms with van der Waals surface area (Å²) in [5.74, 6) is 0.927. The summed E-state index contributed by atoms with van der Waals surface area (Å²) < 4.78 is 6.29. The first-order valence-corrected chi connectivity index (χ1v) is 6.91. The van der Waals surface area contributed by atoms with Crippen LogP contribution >= 0.6 is 15.9 Å². The van der Waals surface area contributed by atoms with Crippen LogP contribution in [0.3, 0.4) is 0 Å². The third-order valence-electron chi connectivity index (χ3n) is 2.96. The van der Waals surface area contributed by atoms with Gasteiger partial charge in [0.2, 0.25) is 0 Å². The summed E-state index contributed by atoms with van der Waals surface area (Å²) in [6, 6.07) is 8.16. The SMILES string of the molecule is CCc1cccnc1CNC(C)c1ccc(Br)o1. The summed E-state index contributed by atoms with van der Waals surface area (Å²) >= 11 is 3.31. The second-order valence-corrected chi connectivity index (χ2v) is 4.99. The van der Waals surface area contributed by atoms with Crippen LogP contribution in [0.5, 0.6) is 0 Å². The fraction of sp³-hybridized carbons (Fsp3) is 0.357. The van der Waals surface area contributed by atoms with E-state index in [0.717, 1.165) is 29.1 Å². The van der Waals surface area contributed by atoms with Crippen molar-refractivity contribution in [2.24, 2.45) is 0 Å². The van der Waals surface area contributed by atoms with Gasteiger partial charge in [0.1, 0.15) is 5.76 Å². The Morgan fingerprint density at radius 1 is 1.39 bits per heavy atom. The number of nitrogens with zero attached hydrogens (tertiary/aromatic N) is 1. The Bertz CT molecular complexity index is 510. The van der Waals surface area contributed by atoms with E-state index in [4.69, 9.17) is 4.42 Å². The quantitative estimate of drug-likeness (QED) is 0.911. The standard InChI is InChI=1S/C14H17BrN2O/c1-3-11-5-4-8-16-12(11)9-17-10(2)13-6-7-14(15)18-13/h4-8,10,17H,3,9H2,1-2H3. The zero-order chi connectivity index (χ0) is 13.0. The van der Waals surface area contributed by atoms with E-state index in [2.05, 4.69) is 46.1 Å². The second-order valence-electron chi connectivity index (χ2n) is 4.21. The van der Waals surface area contributed by atoms with Crippen LogP contribution in [0.15, 0.2) is 39.5 Å². The van der Waals surface area contributed by atoms with E-state index in [9.17, 15) is 0 Å². The van der Waals surface area contributed by atoms with Crippen LogP contribution in [0, 0.1) is 0 Å². The van der Waals surface area contributed by atoms with E-state index < -0.39 is 0 Å². The highest BCUT2D eigenvalue weighted by Gasteiger charge is 2.10. The van der Waals surface area contributed by atoms with Gasteiger partial charge < -0.3 is 9.73 Å². The molecule has 18 heavy (non-hydrogen) atoms. The molecule has 0 bridgehead atoms. The number of hydrogen-bond donors (Lipinski definition) is 1. The lowest BCUT2D eigenvalue weighted by atomic mass is 10.1. The second kappa shape index (κ2) is 6.16. The number of hydrogen-bond acceptors (Lipinski definition) is 3. The first-order valence-electron chi connectivity index (χ1n) is 6.12. The van der Waals surface area contributed by atoms with E-state index in [1.54, 1.807) is 0 Å². The van der Waals surface area contributed by atoms with Crippen molar-refractivity contribution in [3.05, 3.63) is 52.1 Å². The van der Waals surface area contributed by atoms with Crippen molar-refractivity contribution in [3.63, 3.8) is 0 Å². The molecule has 0 amide bonds. The molecular formula is C14H17BrN2O. The molecule has 1 unspecified atom stereocenters. The number of aryl methyl sites for hydroxylation is 1. The lowest BCUT2D eigenvalue weighted by Gasteiger charge is -2.12. The summed E-state index contributed by atoms with van der Waals surface area (Å²) in [7, 11) is 0. The summed E-state index contributed by atoms with van der Waals surface area (Å²) in [6.07, 6.45) is 2.84. The molecule has 0 aliphatic rings. The Morgan fingerprint density at radius 2 is 2.22 bits per heavy atom. The lowest BCUT2D eigenvalue weighted by molar-refractivity contribution is 0.416. The lowest BCUT2D eigenvalue weighted by Crippen LogP contribution is -2.19. The largest absolute Gasteiger partial charge is 0.453 e. The first-order chi connectivity index (χ1) is 8.70. The van der Waals surface area contributed by atoms with Crippen LogP contribution in [0.1, 0.15) is 36.9 Å². The van der Waals surface area contributed by atoms with Gasteiger partial charge in [-0.1, -0.05) is 13.0 Å². The van der Waals surface area contributed by atoms with Crippen LogP contribution in [0.25, 0.3) is 0 Å². The van der Waals surface area contributed by atoms with Crippen molar-refractivity contribution in [2.45, 2.75) is 32.9 Å². The van der Waals surface area contributed by atoms with Gasteiger partial charge in [-0.2, -0.15) is 0 Å². The Balaban J connectivity index is 1.99. The maximum absolute atomic E-state index is 5.52. The molecule has 0 fully saturated rings. The molecule has 2 aromatic rings. The van der Waals surface area contributed by atoms with Crippen molar-refractivity contribution in [1.82, 2.24) is 10.3 Å². The molecule has 0 radical (unpaired) electrons. The summed E-state index contributed by atoms with van der Waals surface area (Å²) in [5, 5.41) is 3.43. The highest BCUT2D eigenvalue weighted by Crippen LogP contribution is 2.20. The highest BCUT2D eigenvalue weighted by atomic mass is 79.9. The van der Waals surface area contributed by atoms with Crippen molar-refractivity contribution < 1.29 is 4.42 Å². The van der Waals surface area contributed by atoms with Gasteiger partial charge in [0, 0.05) is 12.7 Å². The maximum Gasteiger partial charge on any atom is 0.169 e. The molecular weight excluding hydrogens is 292 g/mol. The normalized spacial score (nSPS) is 12.6. The molecule has 4 heteroatoms. The van der Waals surface area contributed by atoms with Gasteiger partial charge in [0.05, 0.1) is 11.7 Å². The molecule has 0 spiro atoms. The van der Waals surface area contributed by atoms with Gasteiger partial charge in [-0.25, -0.2) is 0 Å². The summed E-state index contributed by atoms with van der Waals surface area (Å²) in [6.45, 7) is 4.98. The third kappa shape index (κ3) is 3.21. The van der Waals surface area contributed by atoms with E-state index in [1.807, 2.05) is 24.4 Å². The molecule has 1 atom stereocenters. The molecule has 2 rings (SSSR count). The number of aromatic nitrogens is 1. The molecule has 2 aromatic heterocycles. The van der Waals surface area contributed by atoms with Gasteiger partial charge in [0.15, 0.2) is 4.67 Å². The summed E-state index contributed by atoms with van der Waals surface area (Å²) in [5.41, 5.74) is 2.40. The third-order valence-corrected chi connectivity index (χ3v) is 3.39. The van der Waals surface area contributed by atoms with Crippen LogP contribution in [0.4, 0.5) is 0 Å². The fourth-order valence-electron chi connectivity index (χ4n) is 1.86. The van der Waals surface area contributed by atoms with Crippen LogP contribution in [0.2, 0.25) is 0 Å². The van der Waals surface area contributed by atoms with Crippen molar-refractivity contribution in [3.8, 4) is 0 Å². The van der Waals surface area contributed by atoms with Crippen LogP contribution in [-0.4, -0.2) is 4.98 Å². The monoisotopic (exact) mass is 308 g/mol. The fourth-order valence-corrected chi connectivity index (χ4v) is 2.18. The average molecular weight is 309 g/mol. The van der Waals surface area contributed by atoms with Gasteiger partial charge in [-0.15, -0.1) is 0 Å². The zero-order valence-corrected chi connectivity index (χ0v) is 12.2. The molecule has 1 N–H and O–H groups in total. The zero-order valence-electron chi connectivity index (χ0n) is 10.6. The predicted molar refractivity (Wildman–Crippen MR) is 75.3 cm³/mol. The van der Waals surface area contributed by atoms with Gasteiger partial charge in [0.25, 0.3) is 0 Å². The minimum absolute atomic E-state index is 0.169. The molecule has 0 aliphatic carbocycles. The predicted octanol–water partition coefficient (Wildman–Crippen LogP) is 3.85. The topological polar surface area (TPSA) is 38.1 Å². The Hall–Kier alpha value is -1.13. The minimum atomic E-state index is 0.169. The van der Waals surface area contributed by atoms with E-state index >= 15 is 0 Å². The number of furan rings is 1. The number of pyridine rings is 1. The van der Waals surface area contributed by atoms with Crippen LogP contribution in [-0.2, 0) is 13.0 Å². The van der Waals surface area contributed by atoms with Gasteiger partial charge in [-0.3, -0.25) is 4.98 Å². The molecule has 2 heterocycles. The molecule has 3 nitrogen and oxygen atoms in total. The first kappa shape index (κ1) is 13.3. The van der Waals surface area contributed by atoms with Crippen LogP contribution < -0.4 is 5.32 Å². The average Bonchev–Trinajstić information content (AvgIpc) is 2.83. The summed E-state index contributed by atoms with van der Waals surface area (Å²) in [4.78, 5) is 4.42. The van der Waals surface area contributed by atoms with Crippen molar-refractivity contribution in [1.29, 1.82) is 0 Å². The minimum Gasteiger partial charge on any atom is -0.453 e. The molecule has 0 saturated carbocycles. The van der Waals surface area contributed by atoms with E-state index in [1.165, 1.54) is 5.56 Å². The van der Waals surface area contributed by atoms with Crippen molar-refractivity contribution in [2.75, 3.05) is 0 Å². The molecule has 0 aliphatic heterocycles. The molecule has 0 saturated heterocycles. The van der Waals surface area contributed by atoms with Gasteiger partial charge >= 0.3 is 0 Å². The maximum atomic E-state index is 5.52. The Kier molecular flexibility index (Phi) is 4.55. The van der Waals surface area contributed by atoms with E-state index in [0.29, 0.717) is 0 Å². The Labute approximate surface area is 116 Å². The van der Waals surface area contributed by atoms with Crippen molar-refractivity contribution >= 4 is 15.9 Å². The number of rotatable bonds is 5. The Morgan fingerprint density at radius 3 is 2.89 bits per heavy atom. The smallest absolute Gasteiger partial charge is 0.169 e.